The van der Waals surface area contributed by atoms with Crippen molar-refractivity contribution in [2.75, 3.05) is 0 Å². The smallest absolute Gasteiger partial charge is 0.179 e. The number of aldehydes is 1. The summed E-state index contributed by atoms with van der Waals surface area (Å²) in [5.41, 5.74) is 2.84. The number of rotatable bonds is 3. The SMILES string of the molecule is O=Cc1cc(-c2cccc(-c3nnn[nH]3)c2)ccc1O. The summed E-state index contributed by atoms with van der Waals surface area (Å²) in [7, 11) is 0. The van der Waals surface area contributed by atoms with Gasteiger partial charge in [0.2, 0.25) is 0 Å². The Morgan fingerprint density at radius 1 is 1.05 bits per heavy atom. The van der Waals surface area contributed by atoms with Gasteiger partial charge in [-0.2, -0.15) is 0 Å². The molecule has 0 radical (unpaired) electrons. The number of H-pyrrole nitrogens is 1. The van der Waals surface area contributed by atoms with Crippen LogP contribution in [0.3, 0.4) is 0 Å². The molecular weight excluding hydrogens is 256 g/mol. The average Bonchev–Trinajstić information content (AvgIpc) is 3.02. The molecule has 0 aliphatic heterocycles. The number of nitrogens with one attached hydrogen (secondary N) is 1. The van der Waals surface area contributed by atoms with Crippen LogP contribution in [0.25, 0.3) is 22.5 Å². The Bertz CT molecular complexity index is 754. The summed E-state index contributed by atoms with van der Waals surface area (Å²) >= 11 is 0. The van der Waals surface area contributed by atoms with Gasteiger partial charge in [0.15, 0.2) is 12.1 Å². The highest BCUT2D eigenvalue weighted by Gasteiger charge is 2.06. The van der Waals surface area contributed by atoms with E-state index in [2.05, 4.69) is 20.6 Å². The van der Waals surface area contributed by atoms with E-state index in [1.807, 2.05) is 24.3 Å². The molecule has 0 aliphatic carbocycles. The van der Waals surface area contributed by atoms with Gasteiger partial charge in [0, 0.05) is 5.56 Å². The van der Waals surface area contributed by atoms with E-state index in [-0.39, 0.29) is 11.3 Å². The number of tetrazole rings is 1. The number of nitrogens with zero attached hydrogens (tertiary/aromatic N) is 3. The first-order valence-electron chi connectivity index (χ1n) is 5.90. The van der Waals surface area contributed by atoms with Gasteiger partial charge in [0.25, 0.3) is 0 Å². The van der Waals surface area contributed by atoms with Crippen LogP contribution in [0, 0.1) is 0 Å². The summed E-state index contributed by atoms with van der Waals surface area (Å²) in [4.78, 5) is 10.9. The van der Waals surface area contributed by atoms with E-state index < -0.39 is 0 Å². The number of carbonyl (C=O) groups excluding carboxylic acids is 1. The molecule has 0 bridgehead atoms. The van der Waals surface area contributed by atoms with Crippen molar-refractivity contribution in [1.82, 2.24) is 20.6 Å². The van der Waals surface area contributed by atoms with Crippen LogP contribution in [0.2, 0.25) is 0 Å². The van der Waals surface area contributed by atoms with Gasteiger partial charge in [-0.1, -0.05) is 24.3 Å². The molecule has 6 nitrogen and oxygen atoms in total. The molecule has 98 valence electrons. The molecule has 0 fully saturated rings. The van der Waals surface area contributed by atoms with Crippen molar-refractivity contribution in [1.29, 1.82) is 0 Å². The zero-order chi connectivity index (χ0) is 13.9. The number of benzene rings is 2. The van der Waals surface area contributed by atoms with Gasteiger partial charge >= 0.3 is 0 Å². The quantitative estimate of drug-likeness (QED) is 0.708. The maximum atomic E-state index is 10.9. The third-order valence-corrected chi connectivity index (χ3v) is 2.97. The molecule has 2 aromatic carbocycles. The molecule has 0 amide bonds. The van der Waals surface area contributed by atoms with Crippen molar-refractivity contribution in [3.8, 4) is 28.3 Å². The Kier molecular flexibility index (Phi) is 2.96. The summed E-state index contributed by atoms with van der Waals surface area (Å²) < 4.78 is 0. The second-order valence-corrected chi connectivity index (χ2v) is 4.22. The zero-order valence-corrected chi connectivity index (χ0v) is 10.3. The second kappa shape index (κ2) is 4.93. The lowest BCUT2D eigenvalue weighted by molar-refractivity contribution is 0.112. The largest absolute Gasteiger partial charge is 0.507 e. The Morgan fingerprint density at radius 3 is 2.60 bits per heavy atom. The van der Waals surface area contributed by atoms with E-state index in [9.17, 15) is 9.90 Å². The van der Waals surface area contributed by atoms with Crippen molar-refractivity contribution >= 4 is 6.29 Å². The van der Waals surface area contributed by atoms with Crippen LogP contribution in [-0.4, -0.2) is 32.0 Å². The first kappa shape index (κ1) is 12.0. The molecular formula is C14H10N4O2. The number of aromatic amines is 1. The molecule has 1 aromatic heterocycles. The standard InChI is InChI=1S/C14H10N4O2/c19-8-12-7-10(4-5-13(12)20)9-2-1-3-11(6-9)14-15-17-18-16-14/h1-8,20H,(H,15,16,17,18). The summed E-state index contributed by atoms with van der Waals surface area (Å²) in [6.45, 7) is 0. The van der Waals surface area contributed by atoms with Crippen molar-refractivity contribution in [2.24, 2.45) is 0 Å². The monoisotopic (exact) mass is 266 g/mol. The first-order valence-corrected chi connectivity index (χ1v) is 5.90. The lowest BCUT2D eigenvalue weighted by atomic mass is 10.0. The number of aromatic hydroxyl groups is 1. The highest BCUT2D eigenvalue weighted by atomic mass is 16.3. The zero-order valence-electron chi connectivity index (χ0n) is 10.3. The second-order valence-electron chi connectivity index (χ2n) is 4.22. The summed E-state index contributed by atoms with van der Waals surface area (Å²) in [6.07, 6.45) is 0.628. The number of aromatic nitrogens is 4. The summed E-state index contributed by atoms with van der Waals surface area (Å²) in [5, 5.41) is 23.2. The van der Waals surface area contributed by atoms with Crippen LogP contribution in [0.1, 0.15) is 10.4 Å². The fraction of sp³-hybridized carbons (Fsp3) is 0. The van der Waals surface area contributed by atoms with Gasteiger partial charge < -0.3 is 5.11 Å². The predicted molar refractivity (Wildman–Crippen MR) is 72.1 cm³/mol. The van der Waals surface area contributed by atoms with E-state index in [1.165, 1.54) is 6.07 Å². The number of phenols is 1. The normalized spacial score (nSPS) is 10.4. The Morgan fingerprint density at radius 2 is 1.85 bits per heavy atom. The Labute approximate surface area is 114 Å². The van der Waals surface area contributed by atoms with Crippen molar-refractivity contribution < 1.29 is 9.90 Å². The highest BCUT2D eigenvalue weighted by molar-refractivity contribution is 5.83. The van der Waals surface area contributed by atoms with Gasteiger partial charge in [0.1, 0.15) is 5.75 Å². The lowest BCUT2D eigenvalue weighted by Crippen LogP contribution is -1.86. The fourth-order valence-corrected chi connectivity index (χ4v) is 1.96. The number of hydrogen-bond acceptors (Lipinski definition) is 5. The first-order chi connectivity index (χ1) is 9.78. The van der Waals surface area contributed by atoms with E-state index in [1.54, 1.807) is 12.1 Å². The van der Waals surface area contributed by atoms with Gasteiger partial charge in [-0.15, -0.1) is 5.10 Å². The van der Waals surface area contributed by atoms with Crippen LogP contribution >= 0.6 is 0 Å². The Hall–Kier alpha value is -3.02. The third-order valence-electron chi connectivity index (χ3n) is 2.97. The minimum atomic E-state index is -0.0284. The van der Waals surface area contributed by atoms with E-state index in [0.29, 0.717) is 12.1 Å². The molecule has 0 unspecified atom stereocenters. The molecule has 3 aromatic rings. The van der Waals surface area contributed by atoms with Gasteiger partial charge in [0.05, 0.1) is 5.56 Å². The number of phenolic OH excluding ortho intramolecular Hbond substituents is 1. The molecule has 0 atom stereocenters. The van der Waals surface area contributed by atoms with Crippen LogP contribution in [0.5, 0.6) is 5.75 Å². The van der Waals surface area contributed by atoms with Crippen molar-refractivity contribution in [2.45, 2.75) is 0 Å². The highest BCUT2D eigenvalue weighted by Crippen LogP contribution is 2.27. The fourth-order valence-electron chi connectivity index (χ4n) is 1.96. The molecule has 20 heavy (non-hydrogen) atoms. The minimum absolute atomic E-state index is 0.0284. The summed E-state index contributed by atoms with van der Waals surface area (Å²) in [6, 6.07) is 12.5. The van der Waals surface area contributed by atoms with Crippen LogP contribution < -0.4 is 0 Å². The van der Waals surface area contributed by atoms with Crippen LogP contribution in [-0.2, 0) is 0 Å². The lowest BCUT2D eigenvalue weighted by Gasteiger charge is -2.05. The molecule has 0 saturated heterocycles. The molecule has 1 heterocycles. The average molecular weight is 266 g/mol. The molecule has 0 saturated carbocycles. The topological polar surface area (TPSA) is 91.8 Å². The van der Waals surface area contributed by atoms with Crippen LogP contribution in [0.4, 0.5) is 0 Å². The molecule has 3 rings (SSSR count). The third kappa shape index (κ3) is 2.14. The maximum absolute atomic E-state index is 10.9. The van der Waals surface area contributed by atoms with Gasteiger partial charge in [-0.25, -0.2) is 5.10 Å². The molecule has 0 aliphatic rings. The minimum Gasteiger partial charge on any atom is -0.507 e. The maximum Gasteiger partial charge on any atom is 0.179 e. The number of hydrogen-bond donors (Lipinski definition) is 2. The van der Waals surface area contributed by atoms with E-state index >= 15 is 0 Å². The van der Waals surface area contributed by atoms with Crippen LogP contribution in [0.15, 0.2) is 42.5 Å². The van der Waals surface area contributed by atoms with E-state index in [4.69, 9.17) is 0 Å². The van der Waals surface area contributed by atoms with Gasteiger partial charge in [-0.3, -0.25) is 4.79 Å². The predicted octanol–water partition coefficient (Wildman–Crippen LogP) is 2.05. The molecule has 0 spiro atoms. The molecule has 6 heteroatoms. The van der Waals surface area contributed by atoms with E-state index in [0.717, 1.165) is 16.7 Å². The van der Waals surface area contributed by atoms with Crippen molar-refractivity contribution in [3.63, 3.8) is 0 Å². The Balaban J connectivity index is 2.07. The summed E-state index contributed by atoms with van der Waals surface area (Å²) in [5.74, 6) is 0.542. The molecule has 2 N–H and O–H groups in total. The van der Waals surface area contributed by atoms with Gasteiger partial charge in [-0.05, 0) is 39.8 Å². The number of carbonyl (C=O) groups is 1. The van der Waals surface area contributed by atoms with Crippen molar-refractivity contribution in [3.05, 3.63) is 48.0 Å².